The summed E-state index contributed by atoms with van der Waals surface area (Å²) in [4.78, 5) is 39.4. The van der Waals surface area contributed by atoms with E-state index in [1.165, 1.54) is 5.57 Å². The van der Waals surface area contributed by atoms with Gasteiger partial charge in [0.25, 0.3) is 0 Å². The fourth-order valence-corrected chi connectivity index (χ4v) is 11.8. The number of ether oxygens (including phenoxy) is 2. The second-order valence-electron chi connectivity index (χ2n) is 17.7. The van der Waals surface area contributed by atoms with Gasteiger partial charge < -0.3 is 29.6 Å². The smallest absolute Gasteiger partial charge is 0.333 e. The molecule has 12 atom stereocenters. The van der Waals surface area contributed by atoms with Crippen LogP contribution in [0.4, 0.5) is 0 Å². The molecule has 268 valence electrons. The summed E-state index contributed by atoms with van der Waals surface area (Å²) in [6.45, 7) is 19.3. The van der Waals surface area contributed by atoms with E-state index in [2.05, 4.69) is 26.8 Å². The zero-order valence-electron chi connectivity index (χ0n) is 30.9. The van der Waals surface area contributed by atoms with Crippen LogP contribution in [0, 0.1) is 50.2 Å². The summed E-state index contributed by atoms with van der Waals surface area (Å²) in [6, 6.07) is 0. The van der Waals surface area contributed by atoms with Crippen LogP contribution in [0.5, 0.6) is 0 Å². The van der Waals surface area contributed by atoms with Crippen molar-refractivity contribution in [3.8, 4) is 0 Å². The van der Waals surface area contributed by atoms with Gasteiger partial charge in [0, 0.05) is 16.6 Å². The summed E-state index contributed by atoms with van der Waals surface area (Å²) >= 11 is 0. The van der Waals surface area contributed by atoms with Crippen LogP contribution in [0.2, 0.25) is 0 Å². The van der Waals surface area contributed by atoms with Crippen LogP contribution in [-0.4, -0.2) is 64.6 Å². The molecule has 4 saturated carbocycles. The second-order valence-corrected chi connectivity index (χ2v) is 17.7. The van der Waals surface area contributed by atoms with Crippen molar-refractivity contribution in [2.45, 2.75) is 139 Å². The SMILES string of the molecule is C/C=C(/C)C(=O)O[C@H]1[C@H](OC(=O)/C(C)=C\C)[C@]2(CO)[C@H](O)C[C@]3(C)C(=CC[C@@H]4[C@@]5(C)CC[C@H](O)[C@](C)(C=O)[C@@H]5CC[C@]43C)[C@@H]2CC1(C)C. The van der Waals surface area contributed by atoms with Crippen molar-refractivity contribution in [1.82, 2.24) is 0 Å². The van der Waals surface area contributed by atoms with E-state index in [1.54, 1.807) is 39.8 Å². The predicted molar refractivity (Wildman–Crippen MR) is 183 cm³/mol. The van der Waals surface area contributed by atoms with E-state index in [-0.39, 0.29) is 28.6 Å². The number of aldehydes is 1. The van der Waals surface area contributed by atoms with Crippen LogP contribution in [0.1, 0.15) is 114 Å². The Morgan fingerprint density at radius 2 is 1.44 bits per heavy atom. The lowest BCUT2D eigenvalue weighted by Crippen LogP contribution is -2.72. The van der Waals surface area contributed by atoms with Crippen LogP contribution >= 0.6 is 0 Å². The molecule has 0 saturated heterocycles. The van der Waals surface area contributed by atoms with E-state index in [1.807, 2.05) is 20.8 Å². The molecule has 48 heavy (non-hydrogen) atoms. The molecule has 8 heteroatoms. The molecule has 0 heterocycles. The molecule has 0 spiro atoms. The fourth-order valence-electron chi connectivity index (χ4n) is 11.8. The highest BCUT2D eigenvalue weighted by Gasteiger charge is 2.73. The fraction of sp³-hybridized carbons (Fsp3) is 0.775. The molecule has 5 rings (SSSR count). The first-order valence-corrected chi connectivity index (χ1v) is 18.1. The third-order valence-corrected chi connectivity index (χ3v) is 15.3. The third-order valence-electron chi connectivity index (χ3n) is 15.3. The Morgan fingerprint density at radius 3 is 1.98 bits per heavy atom. The molecule has 0 aromatic rings. The van der Waals surface area contributed by atoms with E-state index in [0.29, 0.717) is 30.4 Å². The van der Waals surface area contributed by atoms with Crippen molar-refractivity contribution >= 4 is 18.2 Å². The highest BCUT2D eigenvalue weighted by Crippen LogP contribution is 2.75. The molecule has 3 N–H and O–H groups in total. The minimum atomic E-state index is -1.30. The lowest BCUT2D eigenvalue weighted by atomic mass is 9.33. The Morgan fingerprint density at radius 1 is 0.854 bits per heavy atom. The van der Waals surface area contributed by atoms with E-state index < -0.39 is 64.6 Å². The largest absolute Gasteiger partial charge is 0.454 e. The van der Waals surface area contributed by atoms with Gasteiger partial charge in [-0.15, -0.1) is 0 Å². The number of esters is 2. The molecule has 5 aliphatic rings. The van der Waals surface area contributed by atoms with Gasteiger partial charge in [-0.25, -0.2) is 9.59 Å². The van der Waals surface area contributed by atoms with E-state index in [0.717, 1.165) is 32.0 Å². The number of fused-ring (bicyclic) bond motifs is 7. The summed E-state index contributed by atoms with van der Waals surface area (Å²) in [7, 11) is 0. The molecule has 0 unspecified atom stereocenters. The first-order valence-electron chi connectivity index (χ1n) is 18.1. The number of carbonyl (C=O) groups excluding carboxylic acids is 3. The minimum absolute atomic E-state index is 0.0521. The van der Waals surface area contributed by atoms with Crippen LogP contribution in [0.3, 0.4) is 0 Å². The van der Waals surface area contributed by atoms with E-state index >= 15 is 0 Å². The van der Waals surface area contributed by atoms with Gasteiger partial charge in [-0.1, -0.05) is 65.3 Å². The zero-order valence-corrected chi connectivity index (χ0v) is 30.9. The summed E-state index contributed by atoms with van der Waals surface area (Å²) in [5, 5.41) is 35.1. The van der Waals surface area contributed by atoms with Crippen molar-refractivity contribution < 1.29 is 39.2 Å². The lowest BCUT2D eigenvalue weighted by Gasteiger charge is -2.72. The number of aliphatic hydroxyl groups excluding tert-OH is 3. The molecule has 0 aromatic heterocycles. The van der Waals surface area contributed by atoms with Crippen LogP contribution in [-0.2, 0) is 23.9 Å². The lowest BCUT2D eigenvalue weighted by molar-refractivity contribution is -0.264. The average Bonchev–Trinajstić information content (AvgIpc) is 3.03. The maximum Gasteiger partial charge on any atom is 0.333 e. The highest BCUT2D eigenvalue weighted by molar-refractivity contribution is 5.88. The normalized spacial score (nSPS) is 46.9. The molecule has 4 fully saturated rings. The van der Waals surface area contributed by atoms with Gasteiger partial charge in [-0.2, -0.15) is 0 Å². The molecule has 0 aromatic carbocycles. The molecule has 5 aliphatic carbocycles. The predicted octanol–water partition coefficient (Wildman–Crippen LogP) is 6.27. The van der Waals surface area contributed by atoms with Gasteiger partial charge in [0.15, 0.2) is 6.10 Å². The maximum absolute atomic E-state index is 13.5. The Bertz CT molecular complexity index is 1430. The molecule has 0 aliphatic heterocycles. The van der Waals surface area contributed by atoms with Gasteiger partial charge >= 0.3 is 11.9 Å². The second kappa shape index (κ2) is 12.2. The molecule has 0 bridgehead atoms. The number of rotatable bonds is 6. The summed E-state index contributed by atoms with van der Waals surface area (Å²) in [6.07, 6.45) is 7.69. The maximum atomic E-state index is 13.5. The van der Waals surface area contributed by atoms with Crippen LogP contribution in [0.25, 0.3) is 0 Å². The summed E-state index contributed by atoms with van der Waals surface area (Å²) in [5.41, 5.74) is -1.63. The van der Waals surface area contributed by atoms with E-state index in [9.17, 15) is 29.7 Å². The Hall–Kier alpha value is -2.29. The minimum Gasteiger partial charge on any atom is -0.454 e. The van der Waals surface area contributed by atoms with Gasteiger partial charge in [0.05, 0.1) is 29.6 Å². The standard InChI is InChI=1S/C40H60O8/c1-11-23(3)33(45)47-31-32(48-34(46)24(4)12-2)40(22-42)26(19-35(31,5)6)25-13-14-28-36(7)17-16-29(43)37(8,21-41)27(36)15-18-38(28,9)39(25,10)20-30(40)44/h11-13,21,26-32,42-44H,14-20,22H2,1-10H3/b23-11-,24-12-/t26-,27+,28+,29-,30+,31-,32-,36-,37+,38+,39+,40-/m0/s1. The highest BCUT2D eigenvalue weighted by atomic mass is 16.6. The summed E-state index contributed by atoms with van der Waals surface area (Å²) < 4.78 is 12.5. The van der Waals surface area contributed by atoms with E-state index in [4.69, 9.17) is 9.47 Å². The zero-order chi connectivity index (χ0) is 35.8. The van der Waals surface area contributed by atoms with Crippen LogP contribution in [0.15, 0.2) is 34.9 Å². The number of hydrogen-bond acceptors (Lipinski definition) is 8. The van der Waals surface area contributed by atoms with Crippen molar-refractivity contribution in [1.29, 1.82) is 0 Å². The average molecular weight is 669 g/mol. The molecular weight excluding hydrogens is 608 g/mol. The Labute approximate surface area is 287 Å². The summed E-state index contributed by atoms with van der Waals surface area (Å²) in [5.74, 6) is -1.15. The molecule has 8 nitrogen and oxygen atoms in total. The Kier molecular flexibility index (Phi) is 9.39. The number of allylic oxidation sites excluding steroid dienone is 4. The third kappa shape index (κ3) is 4.89. The van der Waals surface area contributed by atoms with Gasteiger partial charge in [0.2, 0.25) is 0 Å². The van der Waals surface area contributed by atoms with Crippen LogP contribution < -0.4 is 0 Å². The number of carbonyl (C=O) groups is 3. The van der Waals surface area contributed by atoms with Gasteiger partial charge in [-0.05, 0) is 107 Å². The topological polar surface area (TPSA) is 130 Å². The molecule has 0 radical (unpaired) electrons. The molecule has 0 amide bonds. The quantitative estimate of drug-likeness (QED) is 0.131. The first kappa shape index (κ1) is 37.0. The molecular formula is C40H60O8. The van der Waals surface area contributed by atoms with Crippen molar-refractivity contribution in [3.63, 3.8) is 0 Å². The van der Waals surface area contributed by atoms with Crippen molar-refractivity contribution in [3.05, 3.63) is 34.9 Å². The van der Waals surface area contributed by atoms with Gasteiger partial charge in [-0.3, -0.25) is 0 Å². The first-order chi connectivity index (χ1) is 22.3. The number of hydrogen-bond donors (Lipinski definition) is 3. The Balaban J connectivity index is 1.65. The van der Waals surface area contributed by atoms with Gasteiger partial charge in [0.1, 0.15) is 12.4 Å². The van der Waals surface area contributed by atoms with Crippen molar-refractivity contribution in [2.24, 2.45) is 50.2 Å². The number of aliphatic hydroxyl groups is 3. The van der Waals surface area contributed by atoms with Crippen molar-refractivity contribution in [2.75, 3.05) is 6.61 Å². The monoisotopic (exact) mass is 668 g/mol.